The van der Waals surface area contributed by atoms with Gasteiger partial charge in [-0.2, -0.15) is 0 Å². The van der Waals surface area contributed by atoms with Crippen molar-refractivity contribution in [2.75, 3.05) is 6.54 Å². The minimum absolute atomic E-state index is 0.859. The molecule has 1 rings (SSSR count). The first kappa shape index (κ1) is 9.81. The van der Waals surface area contributed by atoms with E-state index in [1.54, 1.807) is 6.20 Å². The summed E-state index contributed by atoms with van der Waals surface area (Å²) in [6.07, 6.45) is 1.80. The molecule has 0 aromatic heterocycles. The fourth-order valence-corrected chi connectivity index (χ4v) is 1.17. The van der Waals surface area contributed by atoms with Crippen molar-refractivity contribution in [2.45, 2.75) is 13.5 Å². The maximum atomic E-state index is 3.74. The lowest BCUT2D eigenvalue weighted by molar-refractivity contribution is 0.270. The molecule has 0 aliphatic carbocycles. The minimum Gasteiger partial charge on any atom is -0.312 e. The Kier molecular flexibility index (Phi) is 4.06. The van der Waals surface area contributed by atoms with Crippen molar-refractivity contribution >= 4 is 0 Å². The highest BCUT2D eigenvalue weighted by Crippen LogP contribution is 2.01. The third-order valence-electron chi connectivity index (χ3n) is 1.78. The summed E-state index contributed by atoms with van der Waals surface area (Å²) in [4.78, 5) is 0. The summed E-state index contributed by atoms with van der Waals surface area (Å²) < 4.78 is 0. The molecule has 0 unspecified atom stereocenters. The predicted molar refractivity (Wildman–Crippen MR) is 55.9 cm³/mol. The van der Waals surface area contributed by atoms with Crippen LogP contribution in [0.3, 0.4) is 0 Å². The quantitative estimate of drug-likeness (QED) is 0.692. The van der Waals surface area contributed by atoms with Crippen LogP contribution in [0.2, 0.25) is 0 Å². The Balaban J connectivity index is 2.51. The summed E-state index contributed by atoms with van der Waals surface area (Å²) in [7, 11) is 0. The Morgan fingerprint density at radius 3 is 2.62 bits per heavy atom. The maximum Gasteiger partial charge on any atom is 0.0587 e. The van der Waals surface area contributed by atoms with E-state index in [1.807, 2.05) is 23.2 Å². The Bertz CT molecular complexity index is 244. The standard InChI is InChI=1S/C11H16N2/c1-3-12-13(4-2)10-11-8-6-5-7-9-11/h4-9,12H,2-3,10H2,1H3. The number of rotatable bonds is 5. The van der Waals surface area contributed by atoms with Gasteiger partial charge in [-0.3, -0.25) is 0 Å². The van der Waals surface area contributed by atoms with Gasteiger partial charge in [-0.15, -0.1) is 0 Å². The van der Waals surface area contributed by atoms with Crippen LogP contribution >= 0.6 is 0 Å². The third-order valence-corrected chi connectivity index (χ3v) is 1.78. The van der Waals surface area contributed by atoms with Gasteiger partial charge in [0.1, 0.15) is 0 Å². The molecule has 0 saturated carbocycles. The minimum atomic E-state index is 0.859. The van der Waals surface area contributed by atoms with E-state index in [1.165, 1.54) is 5.56 Å². The van der Waals surface area contributed by atoms with Crippen molar-refractivity contribution < 1.29 is 0 Å². The largest absolute Gasteiger partial charge is 0.312 e. The van der Waals surface area contributed by atoms with Crippen LogP contribution in [0.15, 0.2) is 43.1 Å². The zero-order chi connectivity index (χ0) is 9.52. The molecule has 1 aromatic carbocycles. The molecule has 0 saturated heterocycles. The Hall–Kier alpha value is -1.28. The SMILES string of the molecule is C=CN(Cc1ccccc1)NCC. The average Bonchev–Trinajstić information content (AvgIpc) is 2.19. The second kappa shape index (κ2) is 5.38. The lowest BCUT2D eigenvalue weighted by Gasteiger charge is -2.19. The molecule has 0 aliphatic rings. The van der Waals surface area contributed by atoms with E-state index < -0.39 is 0 Å². The molecule has 0 aliphatic heterocycles. The van der Waals surface area contributed by atoms with E-state index >= 15 is 0 Å². The molecule has 13 heavy (non-hydrogen) atoms. The van der Waals surface area contributed by atoms with Crippen LogP contribution in [0, 0.1) is 0 Å². The highest BCUT2D eigenvalue weighted by molar-refractivity contribution is 5.14. The lowest BCUT2D eigenvalue weighted by atomic mass is 10.2. The van der Waals surface area contributed by atoms with Crippen LogP contribution in [0.1, 0.15) is 12.5 Å². The normalized spacial score (nSPS) is 9.62. The summed E-state index contributed by atoms with van der Waals surface area (Å²) in [6, 6.07) is 10.3. The molecule has 0 amide bonds. The number of hydrogen-bond donors (Lipinski definition) is 1. The van der Waals surface area contributed by atoms with Gasteiger partial charge in [-0.1, -0.05) is 43.8 Å². The van der Waals surface area contributed by atoms with Gasteiger partial charge >= 0.3 is 0 Å². The summed E-state index contributed by atoms with van der Waals surface area (Å²) >= 11 is 0. The van der Waals surface area contributed by atoms with E-state index in [0.717, 1.165) is 13.1 Å². The van der Waals surface area contributed by atoms with Crippen molar-refractivity contribution in [1.29, 1.82) is 0 Å². The first-order valence-corrected chi connectivity index (χ1v) is 4.53. The van der Waals surface area contributed by atoms with Crippen LogP contribution in [0.4, 0.5) is 0 Å². The molecule has 0 fully saturated rings. The predicted octanol–water partition coefficient (Wildman–Crippen LogP) is 2.16. The molecule has 0 spiro atoms. The first-order valence-electron chi connectivity index (χ1n) is 4.53. The maximum absolute atomic E-state index is 3.74. The molecule has 70 valence electrons. The van der Waals surface area contributed by atoms with E-state index in [0.29, 0.717) is 0 Å². The van der Waals surface area contributed by atoms with Crippen molar-refractivity contribution in [1.82, 2.24) is 10.4 Å². The molecule has 0 atom stereocenters. The number of nitrogens with one attached hydrogen (secondary N) is 1. The molecule has 2 nitrogen and oxygen atoms in total. The average molecular weight is 176 g/mol. The summed E-state index contributed by atoms with van der Waals surface area (Å²) in [5.74, 6) is 0. The van der Waals surface area contributed by atoms with Gasteiger partial charge in [0.15, 0.2) is 0 Å². The number of benzene rings is 1. The van der Waals surface area contributed by atoms with E-state index in [-0.39, 0.29) is 0 Å². The second-order valence-corrected chi connectivity index (χ2v) is 2.81. The van der Waals surface area contributed by atoms with E-state index in [2.05, 4.69) is 31.1 Å². The molecular weight excluding hydrogens is 160 g/mol. The molecule has 2 heteroatoms. The Morgan fingerprint density at radius 2 is 2.08 bits per heavy atom. The van der Waals surface area contributed by atoms with Gasteiger partial charge in [-0.05, 0) is 5.56 Å². The van der Waals surface area contributed by atoms with Crippen LogP contribution < -0.4 is 5.43 Å². The number of nitrogens with zero attached hydrogens (tertiary/aromatic N) is 1. The fraction of sp³-hybridized carbons (Fsp3) is 0.273. The van der Waals surface area contributed by atoms with Crippen LogP contribution in [0.5, 0.6) is 0 Å². The third kappa shape index (κ3) is 3.30. The molecule has 1 aromatic rings. The van der Waals surface area contributed by atoms with Crippen LogP contribution in [-0.4, -0.2) is 11.6 Å². The van der Waals surface area contributed by atoms with Crippen LogP contribution in [-0.2, 0) is 6.54 Å². The summed E-state index contributed by atoms with van der Waals surface area (Å²) in [5.41, 5.74) is 4.48. The molecule has 0 bridgehead atoms. The highest BCUT2D eigenvalue weighted by Gasteiger charge is 1.96. The van der Waals surface area contributed by atoms with Gasteiger partial charge < -0.3 is 5.01 Å². The Labute approximate surface area is 79.8 Å². The van der Waals surface area contributed by atoms with Gasteiger partial charge in [0.2, 0.25) is 0 Å². The highest BCUT2D eigenvalue weighted by atomic mass is 15.5. The monoisotopic (exact) mass is 176 g/mol. The zero-order valence-corrected chi connectivity index (χ0v) is 8.03. The van der Waals surface area contributed by atoms with Crippen molar-refractivity contribution in [3.63, 3.8) is 0 Å². The topological polar surface area (TPSA) is 15.3 Å². The number of hydrogen-bond acceptors (Lipinski definition) is 2. The van der Waals surface area contributed by atoms with Crippen molar-refractivity contribution in [2.24, 2.45) is 0 Å². The van der Waals surface area contributed by atoms with Crippen LogP contribution in [0.25, 0.3) is 0 Å². The lowest BCUT2D eigenvalue weighted by Crippen LogP contribution is -2.32. The molecule has 1 N–H and O–H groups in total. The molecule has 0 radical (unpaired) electrons. The number of hydrazine groups is 1. The van der Waals surface area contributed by atoms with Gasteiger partial charge in [0.25, 0.3) is 0 Å². The summed E-state index contributed by atoms with van der Waals surface area (Å²) in [5, 5.41) is 1.98. The zero-order valence-electron chi connectivity index (χ0n) is 8.03. The van der Waals surface area contributed by atoms with E-state index in [4.69, 9.17) is 0 Å². The van der Waals surface area contributed by atoms with E-state index in [9.17, 15) is 0 Å². The van der Waals surface area contributed by atoms with Gasteiger partial charge in [-0.25, -0.2) is 5.43 Å². The molecule has 0 heterocycles. The second-order valence-electron chi connectivity index (χ2n) is 2.81. The fourth-order valence-electron chi connectivity index (χ4n) is 1.17. The van der Waals surface area contributed by atoms with Gasteiger partial charge in [0.05, 0.1) is 6.54 Å². The van der Waals surface area contributed by atoms with Crippen molar-refractivity contribution in [3.05, 3.63) is 48.7 Å². The van der Waals surface area contributed by atoms with Gasteiger partial charge in [0, 0.05) is 12.7 Å². The summed E-state index contributed by atoms with van der Waals surface area (Å²) in [6.45, 7) is 7.58. The first-order chi connectivity index (χ1) is 6.36. The molecular formula is C11H16N2. The Morgan fingerprint density at radius 1 is 1.38 bits per heavy atom. The smallest absolute Gasteiger partial charge is 0.0587 e. The van der Waals surface area contributed by atoms with Crippen molar-refractivity contribution in [3.8, 4) is 0 Å².